The van der Waals surface area contributed by atoms with E-state index in [9.17, 15) is 4.79 Å². The molecular formula is C32H25N9O2. The van der Waals surface area contributed by atoms with Gasteiger partial charge in [0, 0.05) is 23.4 Å². The standard InChI is InChI=1S/C32H25N9O2/c42-32(40-28-24-17-38-41-29(24)35-18-34-28)39-23-13-11-20(12-14-23)15-16-33-30-26-25(21-7-3-1-4-8-21)27(22-9-5-2-6-10-22)43-31(26)37-19-36-30/h1-14,17-19H,15-16H2,(H,33,36,37)(H3,34,35,38,39,40,41,42). The van der Waals surface area contributed by atoms with Crippen LogP contribution in [-0.4, -0.2) is 42.7 Å². The van der Waals surface area contributed by atoms with Gasteiger partial charge in [0.05, 0.1) is 17.0 Å². The van der Waals surface area contributed by atoms with Gasteiger partial charge in [0.25, 0.3) is 0 Å². The van der Waals surface area contributed by atoms with Crippen LogP contribution in [0.1, 0.15) is 5.56 Å². The van der Waals surface area contributed by atoms with Crippen LogP contribution in [0.4, 0.5) is 22.1 Å². The SMILES string of the molecule is O=C(Nc1ccc(CCNc2ncnc3oc(-c4ccccc4)c(-c4ccccc4)c23)cc1)Nc1ncnc2[nH]ncc12. The second kappa shape index (κ2) is 11.4. The Morgan fingerprint density at radius 1 is 0.767 bits per heavy atom. The molecule has 4 aromatic heterocycles. The molecule has 7 aromatic rings. The Labute approximate surface area is 245 Å². The Kier molecular flexibility index (Phi) is 6.86. The van der Waals surface area contributed by atoms with Crippen molar-refractivity contribution in [1.29, 1.82) is 0 Å². The highest BCUT2D eigenvalue weighted by Crippen LogP contribution is 2.42. The van der Waals surface area contributed by atoms with Crippen LogP contribution < -0.4 is 16.0 Å². The zero-order valence-corrected chi connectivity index (χ0v) is 22.8. The third-order valence-electron chi connectivity index (χ3n) is 6.98. The quantitative estimate of drug-likeness (QED) is 0.162. The van der Waals surface area contributed by atoms with E-state index in [0.29, 0.717) is 40.6 Å². The van der Waals surface area contributed by atoms with Crippen molar-refractivity contribution in [1.82, 2.24) is 30.1 Å². The number of fused-ring (bicyclic) bond motifs is 2. The van der Waals surface area contributed by atoms with Gasteiger partial charge in [-0.3, -0.25) is 10.4 Å². The Balaban J connectivity index is 1.05. The van der Waals surface area contributed by atoms with E-state index in [0.717, 1.165) is 39.8 Å². The van der Waals surface area contributed by atoms with Gasteiger partial charge < -0.3 is 15.1 Å². The van der Waals surface area contributed by atoms with Crippen molar-refractivity contribution in [2.75, 3.05) is 22.5 Å². The number of benzene rings is 3. The number of anilines is 3. The van der Waals surface area contributed by atoms with E-state index in [4.69, 9.17) is 4.42 Å². The monoisotopic (exact) mass is 567 g/mol. The summed E-state index contributed by atoms with van der Waals surface area (Å²) >= 11 is 0. The molecule has 0 saturated carbocycles. The topological polar surface area (TPSA) is 147 Å². The smallest absolute Gasteiger partial charge is 0.324 e. The van der Waals surface area contributed by atoms with E-state index in [-0.39, 0.29) is 0 Å². The van der Waals surface area contributed by atoms with Crippen LogP contribution in [0, 0.1) is 0 Å². The van der Waals surface area contributed by atoms with Crippen LogP contribution in [0.5, 0.6) is 0 Å². The first-order valence-corrected chi connectivity index (χ1v) is 13.7. The van der Waals surface area contributed by atoms with Gasteiger partial charge in [-0.1, -0.05) is 72.8 Å². The molecular weight excluding hydrogens is 542 g/mol. The summed E-state index contributed by atoms with van der Waals surface area (Å²) in [6.07, 6.45) is 5.18. The maximum absolute atomic E-state index is 12.5. The van der Waals surface area contributed by atoms with E-state index < -0.39 is 6.03 Å². The van der Waals surface area contributed by atoms with Crippen molar-refractivity contribution in [2.45, 2.75) is 6.42 Å². The Bertz CT molecular complexity index is 2020. The number of carbonyl (C=O) groups is 1. The molecule has 0 unspecified atom stereocenters. The number of hydrogen-bond acceptors (Lipinski definition) is 8. The van der Waals surface area contributed by atoms with Crippen molar-refractivity contribution < 1.29 is 9.21 Å². The number of amides is 2. The normalized spacial score (nSPS) is 11.1. The zero-order chi connectivity index (χ0) is 29.0. The molecule has 0 fully saturated rings. The highest BCUT2D eigenvalue weighted by atomic mass is 16.3. The Morgan fingerprint density at radius 2 is 1.49 bits per heavy atom. The highest BCUT2D eigenvalue weighted by molar-refractivity contribution is 6.06. The lowest BCUT2D eigenvalue weighted by Gasteiger charge is -2.10. The van der Waals surface area contributed by atoms with Gasteiger partial charge in [-0.25, -0.2) is 24.7 Å². The number of hydrogen-bond donors (Lipinski definition) is 4. The Morgan fingerprint density at radius 3 is 2.28 bits per heavy atom. The number of aromatic amines is 1. The maximum Gasteiger partial charge on any atom is 0.324 e. The minimum Gasteiger partial charge on any atom is -0.437 e. The van der Waals surface area contributed by atoms with Crippen LogP contribution in [-0.2, 0) is 6.42 Å². The number of rotatable bonds is 8. The summed E-state index contributed by atoms with van der Waals surface area (Å²) in [4.78, 5) is 29.8. The van der Waals surface area contributed by atoms with Crippen molar-refractivity contribution >= 4 is 45.5 Å². The summed E-state index contributed by atoms with van der Waals surface area (Å²) in [5, 5.41) is 17.2. The molecule has 11 nitrogen and oxygen atoms in total. The van der Waals surface area contributed by atoms with Crippen LogP contribution >= 0.6 is 0 Å². The molecule has 4 N–H and O–H groups in total. The predicted molar refractivity (Wildman–Crippen MR) is 166 cm³/mol. The van der Waals surface area contributed by atoms with Crippen molar-refractivity contribution in [3.8, 4) is 22.5 Å². The molecule has 210 valence electrons. The molecule has 0 aliphatic carbocycles. The molecule has 0 saturated heterocycles. The lowest BCUT2D eigenvalue weighted by molar-refractivity contribution is 0.262. The van der Waals surface area contributed by atoms with E-state index in [2.05, 4.69) is 58.2 Å². The number of carbonyl (C=O) groups excluding carboxylic acids is 1. The molecule has 2 amide bonds. The maximum atomic E-state index is 12.5. The van der Waals surface area contributed by atoms with Gasteiger partial charge in [-0.2, -0.15) is 5.10 Å². The van der Waals surface area contributed by atoms with E-state index in [1.54, 1.807) is 6.20 Å². The minimum atomic E-state index is -0.410. The summed E-state index contributed by atoms with van der Waals surface area (Å²) in [6.45, 7) is 0.633. The number of H-pyrrole nitrogens is 1. The fourth-order valence-electron chi connectivity index (χ4n) is 4.95. The van der Waals surface area contributed by atoms with Crippen molar-refractivity contribution in [2.24, 2.45) is 0 Å². The fraction of sp³-hybridized carbons (Fsp3) is 0.0625. The number of furan rings is 1. The van der Waals surface area contributed by atoms with Crippen LogP contribution in [0.3, 0.4) is 0 Å². The molecule has 0 atom stereocenters. The summed E-state index contributed by atoms with van der Waals surface area (Å²) in [6, 6.07) is 27.4. The van der Waals surface area contributed by atoms with Gasteiger partial charge in [-0.15, -0.1) is 0 Å². The van der Waals surface area contributed by atoms with Crippen LogP contribution in [0.2, 0.25) is 0 Å². The van der Waals surface area contributed by atoms with Crippen LogP contribution in [0.15, 0.2) is 108 Å². The van der Waals surface area contributed by atoms with Crippen molar-refractivity contribution in [3.63, 3.8) is 0 Å². The molecule has 0 spiro atoms. The fourth-order valence-corrected chi connectivity index (χ4v) is 4.95. The van der Waals surface area contributed by atoms with Gasteiger partial charge in [0.2, 0.25) is 5.71 Å². The third kappa shape index (κ3) is 5.34. The summed E-state index contributed by atoms with van der Waals surface area (Å²) in [7, 11) is 0. The molecule has 0 aliphatic rings. The zero-order valence-electron chi connectivity index (χ0n) is 22.8. The average Bonchev–Trinajstić information content (AvgIpc) is 3.69. The Hall–Kier alpha value is -6.10. The number of urea groups is 1. The first-order chi connectivity index (χ1) is 21.2. The van der Waals surface area contributed by atoms with Gasteiger partial charge >= 0.3 is 6.03 Å². The number of nitrogens with zero attached hydrogens (tertiary/aromatic N) is 5. The van der Waals surface area contributed by atoms with E-state index in [1.165, 1.54) is 12.7 Å². The first kappa shape index (κ1) is 25.8. The van der Waals surface area contributed by atoms with Gasteiger partial charge in [0.1, 0.15) is 30.1 Å². The molecule has 3 aromatic carbocycles. The number of aromatic nitrogens is 6. The molecule has 0 aliphatic heterocycles. The molecule has 11 heteroatoms. The van der Waals surface area contributed by atoms with Gasteiger partial charge in [0.15, 0.2) is 5.65 Å². The molecule has 0 radical (unpaired) electrons. The molecule has 4 heterocycles. The van der Waals surface area contributed by atoms with E-state index >= 15 is 0 Å². The van der Waals surface area contributed by atoms with Gasteiger partial charge in [-0.05, 0) is 29.7 Å². The second-order valence-corrected chi connectivity index (χ2v) is 9.75. The summed E-state index contributed by atoms with van der Waals surface area (Å²) < 4.78 is 6.30. The lowest BCUT2D eigenvalue weighted by atomic mass is 9.99. The average molecular weight is 568 g/mol. The molecule has 0 bridgehead atoms. The highest BCUT2D eigenvalue weighted by Gasteiger charge is 2.21. The molecule has 7 rings (SSSR count). The predicted octanol–water partition coefficient (Wildman–Crippen LogP) is 6.52. The van der Waals surface area contributed by atoms with Crippen molar-refractivity contribution in [3.05, 3.63) is 109 Å². The molecule has 43 heavy (non-hydrogen) atoms. The summed E-state index contributed by atoms with van der Waals surface area (Å²) in [5.41, 5.74) is 5.78. The summed E-state index contributed by atoms with van der Waals surface area (Å²) in [5.74, 6) is 1.84. The lowest BCUT2D eigenvalue weighted by Crippen LogP contribution is -2.20. The second-order valence-electron chi connectivity index (χ2n) is 9.75. The van der Waals surface area contributed by atoms with Crippen LogP contribution in [0.25, 0.3) is 44.6 Å². The first-order valence-electron chi connectivity index (χ1n) is 13.7. The third-order valence-corrected chi connectivity index (χ3v) is 6.98. The van der Waals surface area contributed by atoms with E-state index in [1.807, 2.05) is 72.8 Å². The largest absolute Gasteiger partial charge is 0.437 e. The minimum absolute atomic E-state index is 0.377. The number of nitrogens with one attached hydrogen (secondary N) is 4.